The highest BCUT2D eigenvalue weighted by atomic mass is 35.5. The molecule has 0 aliphatic carbocycles. The molecule has 1 aromatic rings. The quantitative estimate of drug-likeness (QED) is 0.692. The van der Waals surface area contributed by atoms with Gasteiger partial charge in [-0.1, -0.05) is 17.7 Å². The van der Waals surface area contributed by atoms with Gasteiger partial charge in [0.15, 0.2) is 0 Å². The van der Waals surface area contributed by atoms with Crippen molar-refractivity contribution in [2.24, 2.45) is 0 Å². The maximum Gasteiger partial charge on any atom is 0.285 e. The molecule has 0 aliphatic heterocycles. The molecule has 0 fully saturated rings. The maximum atomic E-state index is 10.9. The summed E-state index contributed by atoms with van der Waals surface area (Å²) in [6.45, 7) is 4.06. The highest BCUT2D eigenvalue weighted by Gasteiger charge is 2.01. The van der Waals surface area contributed by atoms with E-state index in [1.165, 1.54) is 6.20 Å². The van der Waals surface area contributed by atoms with Gasteiger partial charge in [-0.25, -0.2) is 5.10 Å². The zero-order valence-electron chi connectivity index (χ0n) is 6.30. The van der Waals surface area contributed by atoms with E-state index in [-0.39, 0.29) is 5.02 Å². The molecule has 0 radical (unpaired) electrons. The van der Waals surface area contributed by atoms with Crippen molar-refractivity contribution in [3.05, 3.63) is 34.2 Å². The summed E-state index contributed by atoms with van der Waals surface area (Å²) < 4.78 is 0. The molecule has 12 heavy (non-hydrogen) atoms. The Kier molecular flexibility index (Phi) is 2.88. The van der Waals surface area contributed by atoms with Gasteiger partial charge in [-0.2, -0.15) is 5.10 Å². The topological polar surface area (TPSA) is 57.8 Å². The second kappa shape index (κ2) is 3.92. The monoisotopic (exact) mass is 185 g/mol. The average Bonchev–Trinajstić information content (AvgIpc) is 2.08. The van der Waals surface area contributed by atoms with Gasteiger partial charge in [0.25, 0.3) is 5.56 Å². The van der Waals surface area contributed by atoms with E-state index in [0.29, 0.717) is 12.2 Å². The van der Waals surface area contributed by atoms with Crippen LogP contribution >= 0.6 is 11.6 Å². The van der Waals surface area contributed by atoms with Crippen LogP contribution < -0.4 is 10.9 Å². The van der Waals surface area contributed by atoms with E-state index in [1.54, 1.807) is 6.08 Å². The zero-order valence-corrected chi connectivity index (χ0v) is 7.06. The summed E-state index contributed by atoms with van der Waals surface area (Å²) in [4.78, 5) is 10.9. The molecular weight excluding hydrogens is 178 g/mol. The van der Waals surface area contributed by atoms with E-state index in [2.05, 4.69) is 22.1 Å². The van der Waals surface area contributed by atoms with Crippen LogP contribution in [0.25, 0.3) is 0 Å². The van der Waals surface area contributed by atoms with Crippen molar-refractivity contribution in [1.29, 1.82) is 0 Å². The fraction of sp³-hybridized carbons (Fsp3) is 0.143. The van der Waals surface area contributed by atoms with Crippen LogP contribution in [-0.2, 0) is 0 Å². The van der Waals surface area contributed by atoms with Gasteiger partial charge in [-0.15, -0.1) is 6.58 Å². The lowest BCUT2D eigenvalue weighted by Crippen LogP contribution is -2.11. The van der Waals surface area contributed by atoms with E-state index < -0.39 is 5.56 Å². The Labute approximate surface area is 74.3 Å². The Morgan fingerprint density at radius 1 is 1.83 bits per heavy atom. The van der Waals surface area contributed by atoms with Gasteiger partial charge < -0.3 is 5.32 Å². The van der Waals surface area contributed by atoms with Gasteiger partial charge in [0.05, 0.1) is 11.9 Å². The Hall–Kier alpha value is -1.29. The number of hydrogen-bond acceptors (Lipinski definition) is 3. The van der Waals surface area contributed by atoms with Crippen LogP contribution in [-0.4, -0.2) is 16.7 Å². The van der Waals surface area contributed by atoms with Gasteiger partial charge in [0.2, 0.25) is 0 Å². The average molecular weight is 186 g/mol. The molecule has 2 N–H and O–H groups in total. The van der Waals surface area contributed by atoms with Crippen LogP contribution in [0.15, 0.2) is 23.6 Å². The van der Waals surface area contributed by atoms with Crippen molar-refractivity contribution < 1.29 is 0 Å². The van der Waals surface area contributed by atoms with E-state index in [1.807, 2.05) is 0 Å². The smallest absolute Gasteiger partial charge is 0.285 e. The summed E-state index contributed by atoms with van der Waals surface area (Å²) in [7, 11) is 0. The zero-order chi connectivity index (χ0) is 8.97. The number of H-pyrrole nitrogens is 1. The number of hydrogen-bond donors (Lipinski definition) is 2. The molecule has 0 atom stereocenters. The Morgan fingerprint density at radius 3 is 3.25 bits per heavy atom. The molecule has 0 amide bonds. The molecule has 1 heterocycles. The predicted octanol–water partition coefficient (Wildman–Crippen LogP) is 1.02. The van der Waals surface area contributed by atoms with Crippen LogP contribution in [0.5, 0.6) is 0 Å². The molecule has 0 aromatic carbocycles. The minimum atomic E-state index is -0.397. The second-order valence-corrected chi connectivity index (χ2v) is 2.47. The van der Waals surface area contributed by atoms with Crippen molar-refractivity contribution in [3.63, 3.8) is 0 Å². The Morgan fingerprint density at radius 2 is 2.58 bits per heavy atom. The fourth-order valence-corrected chi connectivity index (χ4v) is 0.847. The van der Waals surface area contributed by atoms with Gasteiger partial charge in [-0.05, 0) is 0 Å². The first-order valence-electron chi connectivity index (χ1n) is 3.33. The summed E-state index contributed by atoms with van der Waals surface area (Å²) in [5.41, 5.74) is 0.117. The third kappa shape index (κ3) is 1.85. The van der Waals surface area contributed by atoms with E-state index in [4.69, 9.17) is 11.6 Å². The standard InChI is InChI=1S/C7H8ClN3O/c1-2-3-9-5-4-10-11-7(12)6(5)8/h2,4H,1,3H2,(H2,9,11,12). The largest absolute Gasteiger partial charge is 0.379 e. The van der Waals surface area contributed by atoms with Crippen LogP contribution in [0, 0.1) is 0 Å². The molecule has 64 valence electrons. The minimum absolute atomic E-state index is 0.117. The van der Waals surface area contributed by atoms with Crippen molar-refractivity contribution in [2.75, 3.05) is 11.9 Å². The lowest BCUT2D eigenvalue weighted by Gasteiger charge is -2.02. The summed E-state index contributed by atoms with van der Waals surface area (Å²) >= 11 is 5.65. The summed E-state index contributed by atoms with van der Waals surface area (Å²) in [6.07, 6.45) is 3.12. The van der Waals surface area contributed by atoms with Gasteiger partial charge in [-0.3, -0.25) is 4.79 Å². The number of rotatable bonds is 3. The number of halogens is 1. The molecule has 0 aliphatic rings. The van der Waals surface area contributed by atoms with Gasteiger partial charge in [0.1, 0.15) is 5.02 Å². The summed E-state index contributed by atoms with van der Waals surface area (Å²) in [5, 5.41) is 8.78. The molecule has 1 rings (SSSR count). The number of aromatic amines is 1. The SMILES string of the molecule is C=CCNc1cn[nH]c(=O)c1Cl. The molecule has 0 saturated carbocycles. The van der Waals surface area contributed by atoms with Crippen LogP contribution in [0.3, 0.4) is 0 Å². The number of aromatic nitrogens is 2. The molecule has 0 saturated heterocycles. The first kappa shape index (κ1) is 8.80. The summed E-state index contributed by atoms with van der Waals surface area (Å²) in [6, 6.07) is 0. The van der Waals surface area contributed by atoms with Crippen molar-refractivity contribution in [3.8, 4) is 0 Å². The van der Waals surface area contributed by atoms with E-state index in [9.17, 15) is 4.79 Å². The minimum Gasteiger partial charge on any atom is -0.379 e. The predicted molar refractivity (Wildman–Crippen MR) is 48.6 cm³/mol. The van der Waals surface area contributed by atoms with E-state index >= 15 is 0 Å². The van der Waals surface area contributed by atoms with Crippen LogP contribution in [0.2, 0.25) is 5.02 Å². The van der Waals surface area contributed by atoms with Gasteiger partial charge in [0, 0.05) is 6.54 Å². The lowest BCUT2D eigenvalue weighted by molar-refractivity contribution is 0.987. The third-order valence-electron chi connectivity index (χ3n) is 1.23. The normalized spacial score (nSPS) is 9.42. The summed E-state index contributed by atoms with van der Waals surface area (Å²) in [5.74, 6) is 0. The van der Waals surface area contributed by atoms with E-state index in [0.717, 1.165) is 0 Å². The Bertz CT molecular complexity index is 334. The van der Waals surface area contributed by atoms with Crippen molar-refractivity contribution in [1.82, 2.24) is 10.2 Å². The second-order valence-electron chi connectivity index (χ2n) is 2.10. The first-order valence-corrected chi connectivity index (χ1v) is 3.71. The Balaban J connectivity index is 2.92. The molecule has 1 aromatic heterocycles. The molecule has 4 nitrogen and oxygen atoms in total. The number of nitrogens with zero attached hydrogens (tertiary/aromatic N) is 1. The molecule has 0 unspecified atom stereocenters. The number of anilines is 1. The highest BCUT2D eigenvalue weighted by Crippen LogP contribution is 2.13. The molecule has 0 spiro atoms. The third-order valence-corrected chi connectivity index (χ3v) is 1.61. The van der Waals surface area contributed by atoms with Crippen LogP contribution in [0.1, 0.15) is 0 Å². The first-order chi connectivity index (χ1) is 5.75. The molecule has 5 heteroatoms. The van der Waals surface area contributed by atoms with Crippen molar-refractivity contribution in [2.45, 2.75) is 0 Å². The van der Waals surface area contributed by atoms with Gasteiger partial charge >= 0.3 is 0 Å². The fourth-order valence-electron chi connectivity index (χ4n) is 0.689. The lowest BCUT2D eigenvalue weighted by atomic mass is 10.4. The van der Waals surface area contributed by atoms with Crippen LogP contribution in [0.4, 0.5) is 5.69 Å². The van der Waals surface area contributed by atoms with Crippen molar-refractivity contribution >= 4 is 17.3 Å². The maximum absolute atomic E-state index is 10.9. The molecular formula is C7H8ClN3O. The molecule has 0 bridgehead atoms. The highest BCUT2D eigenvalue weighted by molar-refractivity contribution is 6.32. The number of nitrogens with one attached hydrogen (secondary N) is 2.